The van der Waals surface area contributed by atoms with Gasteiger partial charge in [0.25, 0.3) is 22.2 Å². The summed E-state index contributed by atoms with van der Waals surface area (Å²) in [4.78, 5) is 121. The summed E-state index contributed by atoms with van der Waals surface area (Å²) in [6.45, 7) is 23.2. The van der Waals surface area contributed by atoms with Gasteiger partial charge in [0.05, 0.1) is 105 Å². The Labute approximate surface area is 743 Å². The number of esters is 1. The van der Waals surface area contributed by atoms with Crippen molar-refractivity contribution in [2.24, 2.45) is 34.1 Å². The molecule has 3 aromatic carbocycles. The number of hydrogen-bond donors (Lipinski definition) is 2. The predicted octanol–water partition coefficient (Wildman–Crippen LogP) is 13.1. The third-order valence-electron chi connectivity index (χ3n) is 19.9. The zero-order valence-corrected chi connectivity index (χ0v) is 77.0. The minimum absolute atomic E-state index is 0. The Kier molecular flexibility index (Phi) is 35.0. The number of rotatable bonds is 16. The van der Waals surface area contributed by atoms with Crippen LogP contribution in [0.5, 0.6) is 34.5 Å². The fraction of sp³-hybridized carbons (Fsp3) is 0.375. The molecule has 0 radical (unpaired) electrons. The molecule has 0 spiro atoms. The lowest BCUT2D eigenvalue weighted by Crippen LogP contribution is -2.57. The molecular weight excluding hydrogens is 1780 g/mol. The number of nitrogens with one attached hydrogen (secondary N) is 2. The third-order valence-corrected chi connectivity index (χ3v) is 21.0. The number of aldehydes is 3. The van der Waals surface area contributed by atoms with Crippen LogP contribution in [0.1, 0.15) is 102 Å². The number of carbonyl (C=O) groups is 5. The minimum Gasteiger partial charge on any atom is -0.496 e. The van der Waals surface area contributed by atoms with Crippen molar-refractivity contribution in [1.29, 1.82) is 0 Å². The Morgan fingerprint density at radius 2 is 0.888 bits per heavy atom. The van der Waals surface area contributed by atoms with E-state index >= 15 is 0 Å². The van der Waals surface area contributed by atoms with E-state index in [1.807, 2.05) is 106 Å². The lowest BCUT2D eigenvalue weighted by molar-refractivity contribution is -0.157. The van der Waals surface area contributed by atoms with Crippen molar-refractivity contribution in [2.45, 2.75) is 117 Å². The number of benzene rings is 3. The number of alkyl halides is 3. The van der Waals surface area contributed by atoms with Gasteiger partial charge in [-0.05, 0) is 179 Å². The molecule has 37 heteroatoms. The number of methoxy groups -OCH3 is 6. The van der Waals surface area contributed by atoms with Gasteiger partial charge in [0.15, 0.2) is 12.6 Å². The lowest BCUT2D eigenvalue weighted by atomic mass is 9.77. The number of nitrogens with zero attached hydrogens (tertiary/aromatic N) is 9. The zero-order valence-electron chi connectivity index (χ0n) is 73.0. The van der Waals surface area contributed by atoms with E-state index in [0.717, 1.165) is 89.9 Å². The Bertz CT molecular complexity index is 5880. The first-order valence-corrected chi connectivity index (χ1v) is 40.2. The minimum atomic E-state index is -4.64. The van der Waals surface area contributed by atoms with E-state index in [1.54, 1.807) is 150 Å². The fourth-order valence-electron chi connectivity index (χ4n) is 13.0. The number of carbonyl (C=O) groups excluding carboxylic acids is 5. The van der Waals surface area contributed by atoms with Gasteiger partial charge in [-0.15, -0.1) is 12.4 Å². The average molecular weight is 1880 g/mol. The smallest absolute Gasteiger partial charge is 0.496 e. The molecule has 3 aliphatic rings. The number of likely N-dealkylation sites (tertiary alicyclic amines) is 1. The molecule has 3 saturated heterocycles. The van der Waals surface area contributed by atoms with Gasteiger partial charge < -0.3 is 76.1 Å². The SMILES string of the molecule is CC(C)(C)OC(=O)NC1CNC1.COc1cc(-c2cn(C)c(=O)c3cnccc23)cc(OC)c1C=O.COc1cc(-c2cn(C)c(=O)c3cnccc23)cc(OC)c1CN1CC(CC(=O)OC(C)(C)C)C1.COc1cc(Br)cc(OC)c1C=O.Cl.Cn1cc(B2OC(C)(C)C(C)(C)O2)c2ccncc2c1=O.Cn1cc(Br)c2ccncc2c1=O.O=CC(F)(F)F. The van der Waals surface area contributed by atoms with Crippen molar-refractivity contribution in [2.75, 3.05) is 68.8 Å². The van der Waals surface area contributed by atoms with Crippen LogP contribution in [0.15, 0.2) is 163 Å². The van der Waals surface area contributed by atoms with Crippen LogP contribution in [-0.4, -0.2) is 185 Å². The first-order valence-electron chi connectivity index (χ1n) is 38.6. The number of alkyl carbamates (subject to hydrolysis) is 1. The third kappa shape index (κ3) is 25.9. The van der Waals surface area contributed by atoms with Crippen LogP contribution in [0, 0.1) is 5.92 Å². The fourth-order valence-corrected chi connectivity index (χ4v) is 14.1. The van der Waals surface area contributed by atoms with Crippen molar-refractivity contribution < 1.29 is 84.3 Å². The number of halogens is 6. The van der Waals surface area contributed by atoms with E-state index < -0.39 is 42.0 Å². The number of amides is 1. The first kappa shape index (κ1) is 101. The van der Waals surface area contributed by atoms with Gasteiger partial charge >= 0.3 is 25.4 Å². The summed E-state index contributed by atoms with van der Waals surface area (Å²) in [7, 11) is 15.7. The predicted molar refractivity (Wildman–Crippen MR) is 481 cm³/mol. The van der Waals surface area contributed by atoms with Gasteiger partial charge in [0, 0.05) is 166 Å². The largest absolute Gasteiger partial charge is 0.496 e. The maximum atomic E-state index is 12.6. The molecule has 14 rings (SSSR count). The van der Waals surface area contributed by atoms with E-state index in [4.69, 9.17) is 52.0 Å². The van der Waals surface area contributed by atoms with E-state index in [9.17, 15) is 51.5 Å². The molecule has 3 aliphatic heterocycles. The van der Waals surface area contributed by atoms with E-state index in [1.165, 1.54) is 37.6 Å². The second kappa shape index (κ2) is 43.5. The molecule has 1 amide bonds. The summed E-state index contributed by atoms with van der Waals surface area (Å²) in [5.41, 5.74) is 3.97. The van der Waals surface area contributed by atoms with Crippen molar-refractivity contribution in [3.63, 3.8) is 0 Å². The molecule has 11 aromatic rings. The maximum absolute atomic E-state index is 12.6. The van der Waals surface area contributed by atoms with Crippen LogP contribution in [0.25, 0.3) is 65.3 Å². The Morgan fingerprint density at radius 3 is 1.26 bits per heavy atom. The molecule has 2 N–H and O–H groups in total. The second-order valence-electron chi connectivity index (χ2n) is 31.7. The zero-order chi connectivity index (χ0) is 91.7. The molecule has 0 unspecified atom stereocenters. The highest BCUT2D eigenvalue weighted by Crippen LogP contribution is 2.42. The lowest BCUT2D eigenvalue weighted by Gasteiger charge is -2.39. The van der Waals surface area contributed by atoms with Gasteiger partial charge in [0.1, 0.15) is 45.7 Å². The van der Waals surface area contributed by atoms with Gasteiger partial charge in [-0.3, -0.25) is 63.2 Å². The average Bonchev–Trinajstić information content (AvgIpc) is 1.74. The molecule has 0 atom stereocenters. The Morgan fingerprint density at radius 1 is 0.536 bits per heavy atom. The highest BCUT2D eigenvalue weighted by atomic mass is 79.9. The molecule has 11 heterocycles. The summed E-state index contributed by atoms with van der Waals surface area (Å²) in [5, 5.41) is 11.4. The summed E-state index contributed by atoms with van der Waals surface area (Å²) in [6, 6.07) is 18.4. The van der Waals surface area contributed by atoms with Gasteiger partial charge in [-0.2, -0.15) is 13.2 Å². The van der Waals surface area contributed by atoms with Crippen LogP contribution in [0.3, 0.4) is 0 Å². The number of pyridine rings is 8. The Hall–Kier alpha value is -11.4. The molecule has 3 fully saturated rings. The van der Waals surface area contributed by atoms with Crippen LogP contribution in [0.4, 0.5) is 18.0 Å². The van der Waals surface area contributed by atoms with E-state index in [-0.39, 0.29) is 58.7 Å². The van der Waals surface area contributed by atoms with Crippen molar-refractivity contribution in [3.05, 3.63) is 202 Å². The number of hydrogen-bond acceptors (Lipinski definition) is 25. The molecule has 0 bridgehead atoms. The number of fused-ring (bicyclic) bond motifs is 4. The van der Waals surface area contributed by atoms with Crippen LogP contribution >= 0.6 is 44.3 Å². The molecule has 8 aromatic heterocycles. The summed E-state index contributed by atoms with van der Waals surface area (Å²) >= 11 is 6.68. The second-order valence-corrected chi connectivity index (χ2v) is 33.5. The standard InChI is InChI=1S/C27H33N3O5.C18H16N2O4.C15H19BN2O3.C9H7BrN2O.C9H9BrO3.C8H16N2O2.C2HF3O.ClH/c1-27(2,3)35-25(31)9-17-13-30(14-17)16-22-23(33-5)10-18(11-24(22)34-6)21-15-29(4)26(32)20-12-28-8-7-19(20)21;1-20-9-14(12-4-5-19-8-13(12)18(20)22)11-6-16(23-2)15(10-21)17(7-11)24-3;1-14(2)15(3,4)21-16(20-14)12-9-18(5)13(19)11-8-17-7-6-10(11)12;1-12-5-8(10)6-2-3-11-4-7(6)9(12)13;1-12-8-3-6(10)4-9(13-2)7(8)5-11;1-8(2,3)12-7(11)10-6-4-9-5-6;3-2(4,5)1-6;/h7-8,10-12,15,17H,9,13-14,16H2,1-6H3;4-10H,1-3H3;6-9H,1-5H3;2-5H,1H3;3-5H,1-2H3;6,9H,4-5H2,1-3H3,(H,10,11);1H;1H. The quantitative estimate of drug-likeness (QED) is 0.0515. The summed E-state index contributed by atoms with van der Waals surface area (Å²) in [5.74, 6) is 3.39. The molecule has 0 saturated carbocycles. The van der Waals surface area contributed by atoms with Crippen molar-refractivity contribution in [3.8, 4) is 56.8 Å². The number of aromatic nitrogens is 8. The van der Waals surface area contributed by atoms with Crippen molar-refractivity contribution in [1.82, 2.24) is 53.7 Å². The van der Waals surface area contributed by atoms with Gasteiger partial charge in [-0.1, -0.05) is 15.9 Å². The Balaban J connectivity index is 0.000000211. The van der Waals surface area contributed by atoms with Crippen molar-refractivity contribution >= 4 is 131 Å². The number of aryl methyl sites for hydroxylation is 4. The van der Waals surface area contributed by atoms with E-state index in [2.05, 4.69) is 67.3 Å². The van der Waals surface area contributed by atoms with Gasteiger partial charge in [-0.25, -0.2) is 4.79 Å². The maximum Gasteiger partial charge on any atom is 0.496 e. The highest BCUT2D eigenvalue weighted by Gasteiger charge is 2.52. The highest BCUT2D eigenvalue weighted by molar-refractivity contribution is 9.11. The molecule has 30 nitrogen and oxygen atoms in total. The van der Waals surface area contributed by atoms with Crippen LogP contribution < -0.4 is 66.8 Å². The summed E-state index contributed by atoms with van der Waals surface area (Å²) < 4.78 is 94.0. The monoisotopic (exact) mass is 1880 g/mol. The number of ether oxygens (including phenoxy) is 8. The molecular formula is C88H102BBr2ClF3N11O19. The van der Waals surface area contributed by atoms with Crippen LogP contribution in [-0.2, 0) is 63.1 Å². The summed E-state index contributed by atoms with van der Waals surface area (Å²) in [6.07, 6.45) is 15.9. The molecule has 668 valence electrons. The van der Waals surface area contributed by atoms with Crippen LogP contribution in [0.2, 0.25) is 0 Å². The normalized spacial score (nSPS) is 13.9. The molecule has 0 aliphatic carbocycles. The van der Waals surface area contributed by atoms with E-state index in [0.29, 0.717) is 92.7 Å². The van der Waals surface area contributed by atoms with Gasteiger partial charge in [0.2, 0.25) is 6.29 Å². The first-order chi connectivity index (χ1) is 58.4. The molecule has 125 heavy (non-hydrogen) atoms. The topological polar surface area (TPSA) is 345 Å².